The topological polar surface area (TPSA) is 108 Å². The highest BCUT2D eigenvalue weighted by Gasteiger charge is 2.16. The van der Waals surface area contributed by atoms with Crippen molar-refractivity contribution in [2.75, 3.05) is 18.1 Å². The van der Waals surface area contributed by atoms with E-state index >= 15 is 0 Å². The molecule has 0 saturated heterocycles. The van der Waals surface area contributed by atoms with Crippen molar-refractivity contribution in [1.82, 2.24) is 9.97 Å². The number of halogens is 1. The summed E-state index contributed by atoms with van der Waals surface area (Å²) in [6.45, 7) is 0. The maximum Gasteiger partial charge on any atom is 0.140 e. The van der Waals surface area contributed by atoms with Gasteiger partial charge in [0.05, 0.1) is 11.3 Å². The van der Waals surface area contributed by atoms with Crippen molar-refractivity contribution in [3.8, 4) is 5.75 Å². The van der Waals surface area contributed by atoms with Crippen LogP contribution in [0.3, 0.4) is 0 Å². The fourth-order valence-electron chi connectivity index (χ4n) is 1.70. The monoisotopic (exact) mass is 261 g/mol. The molecule has 98 valence electrons. The van der Waals surface area contributed by atoms with Crippen molar-refractivity contribution in [2.45, 2.75) is 0 Å². The molecule has 0 aliphatic carbocycles. The molecule has 19 heavy (non-hydrogen) atoms. The number of aromatic hydroxyl groups is 1. The minimum Gasteiger partial charge on any atom is -0.508 e. The van der Waals surface area contributed by atoms with Gasteiger partial charge in [-0.3, -0.25) is 5.41 Å². The van der Waals surface area contributed by atoms with E-state index < -0.39 is 5.82 Å². The van der Waals surface area contributed by atoms with Crippen LogP contribution < -0.4 is 11.1 Å². The highest BCUT2D eigenvalue weighted by molar-refractivity contribution is 6.16. The highest BCUT2D eigenvalue weighted by Crippen LogP contribution is 2.23. The standard InChI is InChI=1S/C12H12FN5O/c1-16-12-9(11(15)17-5-18-12)10(14)6-2-7(13)4-8(19)3-6/h2-5,14,19H,1H3,(H3,15,16,17,18). The Balaban J connectivity index is 2.56. The maximum absolute atomic E-state index is 13.3. The van der Waals surface area contributed by atoms with Crippen LogP contribution >= 0.6 is 0 Å². The van der Waals surface area contributed by atoms with E-state index in [1.807, 2.05) is 0 Å². The molecule has 7 heteroatoms. The molecule has 1 aromatic carbocycles. The zero-order valence-corrected chi connectivity index (χ0v) is 10.1. The number of phenolic OH excluding ortho intramolecular Hbond substituents is 1. The smallest absolute Gasteiger partial charge is 0.140 e. The van der Waals surface area contributed by atoms with Crippen LogP contribution in [0.25, 0.3) is 0 Å². The van der Waals surface area contributed by atoms with Crippen LogP contribution in [0.5, 0.6) is 5.75 Å². The van der Waals surface area contributed by atoms with Crippen LogP contribution in [-0.4, -0.2) is 27.8 Å². The van der Waals surface area contributed by atoms with Crippen molar-refractivity contribution in [3.05, 3.63) is 41.5 Å². The predicted molar refractivity (Wildman–Crippen MR) is 70.0 cm³/mol. The van der Waals surface area contributed by atoms with Gasteiger partial charge in [-0.05, 0) is 12.1 Å². The largest absolute Gasteiger partial charge is 0.508 e. The molecule has 0 bridgehead atoms. The number of nitrogen functional groups attached to an aromatic ring is 1. The summed E-state index contributed by atoms with van der Waals surface area (Å²) in [5.41, 5.74) is 6.10. The summed E-state index contributed by atoms with van der Waals surface area (Å²) in [6, 6.07) is 3.37. The second-order valence-electron chi connectivity index (χ2n) is 3.81. The third-order valence-electron chi connectivity index (χ3n) is 2.53. The average molecular weight is 261 g/mol. The summed E-state index contributed by atoms with van der Waals surface area (Å²) in [5, 5.41) is 20.2. The fraction of sp³-hybridized carbons (Fsp3) is 0.0833. The number of hydrogen-bond donors (Lipinski definition) is 4. The third-order valence-corrected chi connectivity index (χ3v) is 2.53. The molecule has 0 radical (unpaired) electrons. The lowest BCUT2D eigenvalue weighted by Gasteiger charge is -2.11. The number of anilines is 2. The van der Waals surface area contributed by atoms with Crippen LogP contribution in [0.2, 0.25) is 0 Å². The fourth-order valence-corrected chi connectivity index (χ4v) is 1.70. The zero-order valence-electron chi connectivity index (χ0n) is 10.1. The lowest BCUT2D eigenvalue weighted by atomic mass is 10.0. The van der Waals surface area contributed by atoms with Gasteiger partial charge in [0.2, 0.25) is 0 Å². The molecule has 0 saturated carbocycles. The number of nitrogens with zero attached hydrogens (tertiary/aromatic N) is 2. The predicted octanol–water partition coefficient (Wildman–Crippen LogP) is 1.36. The molecule has 0 aliphatic heterocycles. The van der Waals surface area contributed by atoms with Gasteiger partial charge in [-0.25, -0.2) is 14.4 Å². The Morgan fingerprint density at radius 2 is 2.11 bits per heavy atom. The van der Waals surface area contributed by atoms with Gasteiger partial charge in [-0.15, -0.1) is 0 Å². The van der Waals surface area contributed by atoms with Gasteiger partial charge < -0.3 is 16.2 Å². The molecule has 2 aromatic rings. The number of rotatable bonds is 3. The Hall–Kier alpha value is -2.70. The lowest BCUT2D eigenvalue weighted by Crippen LogP contribution is -2.12. The number of nitrogens with two attached hydrogens (primary N) is 1. The number of nitrogens with one attached hydrogen (secondary N) is 2. The molecule has 2 rings (SSSR count). The Kier molecular flexibility index (Phi) is 3.28. The molecule has 0 spiro atoms. The van der Waals surface area contributed by atoms with Crippen molar-refractivity contribution in [1.29, 1.82) is 5.41 Å². The van der Waals surface area contributed by atoms with E-state index in [4.69, 9.17) is 11.1 Å². The normalized spacial score (nSPS) is 10.2. The molecule has 6 nitrogen and oxygen atoms in total. The Morgan fingerprint density at radius 3 is 2.74 bits per heavy atom. The molecular formula is C12H12FN5O. The Morgan fingerprint density at radius 1 is 1.37 bits per heavy atom. The first-order chi connectivity index (χ1) is 9.02. The summed E-state index contributed by atoms with van der Waals surface area (Å²) in [6.07, 6.45) is 1.26. The van der Waals surface area contributed by atoms with Crippen LogP contribution in [-0.2, 0) is 0 Å². The second-order valence-corrected chi connectivity index (χ2v) is 3.81. The van der Waals surface area contributed by atoms with Crippen LogP contribution in [0.4, 0.5) is 16.0 Å². The van der Waals surface area contributed by atoms with E-state index in [0.717, 1.165) is 12.1 Å². The molecule has 0 aliphatic rings. The molecular weight excluding hydrogens is 249 g/mol. The summed E-state index contributed by atoms with van der Waals surface area (Å²) >= 11 is 0. The first-order valence-electron chi connectivity index (χ1n) is 5.40. The van der Waals surface area contributed by atoms with Gasteiger partial charge >= 0.3 is 0 Å². The molecule has 0 amide bonds. The number of phenols is 1. The highest BCUT2D eigenvalue weighted by atomic mass is 19.1. The number of benzene rings is 1. The van der Waals surface area contributed by atoms with E-state index in [2.05, 4.69) is 15.3 Å². The molecule has 0 fully saturated rings. The third kappa shape index (κ3) is 2.44. The first kappa shape index (κ1) is 12.7. The quantitative estimate of drug-likeness (QED) is 0.624. The molecule has 1 aromatic heterocycles. The van der Waals surface area contributed by atoms with Crippen LogP contribution in [0.15, 0.2) is 24.5 Å². The first-order valence-corrected chi connectivity index (χ1v) is 5.40. The van der Waals surface area contributed by atoms with Crippen molar-refractivity contribution in [3.63, 3.8) is 0 Å². The minimum absolute atomic E-state index is 0.0720. The van der Waals surface area contributed by atoms with E-state index in [1.165, 1.54) is 12.4 Å². The second kappa shape index (κ2) is 4.89. The lowest BCUT2D eigenvalue weighted by molar-refractivity contribution is 0.469. The van der Waals surface area contributed by atoms with E-state index in [9.17, 15) is 9.50 Å². The number of aromatic nitrogens is 2. The van der Waals surface area contributed by atoms with Crippen LogP contribution in [0.1, 0.15) is 11.1 Å². The summed E-state index contributed by atoms with van der Waals surface area (Å²) in [7, 11) is 1.63. The molecule has 0 unspecified atom stereocenters. The van der Waals surface area contributed by atoms with Gasteiger partial charge in [0.25, 0.3) is 0 Å². The Labute approximate surface area is 108 Å². The maximum atomic E-state index is 13.3. The van der Waals surface area contributed by atoms with Gasteiger partial charge in [0.1, 0.15) is 29.5 Å². The van der Waals surface area contributed by atoms with E-state index in [1.54, 1.807) is 7.05 Å². The summed E-state index contributed by atoms with van der Waals surface area (Å²) in [5.74, 6) is -0.434. The van der Waals surface area contributed by atoms with Crippen molar-refractivity contribution < 1.29 is 9.50 Å². The molecule has 1 heterocycles. The average Bonchev–Trinajstić information content (AvgIpc) is 2.36. The summed E-state index contributed by atoms with van der Waals surface area (Å²) < 4.78 is 13.3. The van der Waals surface area contributed by atoms with Gasteiger partial charge in [0, 0.05) is 18.7 Å². The Bertz CT molecular complexity index is 624. The van der Waals surface area contributed by atoms with Crippen molar-refractivity contribution >= 4 is 17.3 Å². The molecule has 5 N–H and O–H groups in total. The zero-order chi connectivity index (χ0) is 14.0. The van der Waals surface area contributed by atoms with Gasteiger partial charge in [0.15, 0.2) is 0 Å². The van der Waals surface area contributed by atoms with Crippen LogP contribution in [0, 0.1) is 11.2 Å². The summed E-state index contributed by atoms with van der Waals surface area (Å²) in [4.78, 5) is 7.76. The van der Waals surface area contributed by atoms with Gasteiger partial charge in [-0.2, -0.15) is 0 Å². The number of hydrogen-bond acceptors (Lipinski definition) is 6. The molecule has 0 atom stereocenters. The van der Waals surface area contributed by atoms with E-state index in [-0.39, 0.29) is 28.4 Å². The van der Waals surface area contributed by atoms with Crippen molar-refractivity contribution in [2.24, 2.45) is 0 Å². The van der Waals surface area contributed by atoms with E-state index in [0.29, 0.717) is 5.82 Å². The SMILES string of the molecule is CNc1ncnc(N)c1C(=N)c1cc(O)cc(F)c1. The minimum atomic E-state index is -0.638. The van der Waals surface area contributed by atoms with Gasteiger partial charge in [-0.1, -0.05) is 0 Å².